The standard InChI is InChI=1S/C17H24N6/c1-22-10-12-5-6-14(9-13(12)11-22)23-16(19)20-15(18)21-17(23)7-3-2-4-8-17/h5-6,9H,2-4,7-8,10-11H2,1H3,(H4,18,19,20,21). The molecule has 0 atom stereocenters. The van der Waals surface area contributed by atoms with E-state index in [-0.39, 0.29) is 5.66 Å². The van der Waals surface area contributed by atoms with Crippen molar-refractivity contribution in [3.05, 3.63) is 29.3 Å². The Morgan fingerprint density at radius 1 is 1.04 bits per heavy atom. The molecule has 0 bridgehead atoms. The quantitative estimate of drug-likeness (QED) is 0.827. The highest BCUT2D eigenvalue weighted by molar-refractivity contribution is 6.05. The molecule has 0 amide bonds. The number of hydrogen-bond donors (Lipinski definition) is 2. The number of fused-ring (bicyclic) bond motifs is 1. The second-order valence-corrected chi connectivity index (χ2v) is 6.94. The highest BCUT2D eigenvalue weighted by Gasteiger charge is 2.42. The summed E-state index contributed by atoms with van der Waals surface area (Å²) in [6, 6.07) is 6.60. The van der Waals surface area contributed by atoms with Gasteiger partial charge in [-0.3, -0.25) is 9.80 Å². The van der Waals surface area contributed by atoms with E-state index in [2.05, 4.69) is 40.0 Å². The van der Waals surface area contributed by atoms with E-state index in [1.807, 2.05) is 0 Å². The summed E-state index contributed by atoms with van der Waals surface area (Å²) in [4.78, 5) is 13.4. The average Bonchev–Trinajstić information content (AvgIpc) is 2.86. The molecule has 1 saturated carbocycles. The van der Waals surface area contributed by atoms with E-state index in [4.69, 9.17) is 16.5 Å². The maximum Gasteiger partial charge on any atom is 0.220 e. The first-order valence-electron chi connectivity index (χ1n) is 8.37. The Morgan fingerprint density at radius 3 is 2.57 bits per heavy atom. The smallest absolute Gasteiger partial charge is 0.220 e. The number of nitrogens with two attached hydrogens (primary N) is 2. The first-order chi connectivity index (χ1) is 11.1. The van der Waals surface area contributed by atoms with Crippen LogP contribution in [0.25, 0.3) is 0 Å². The van der Waals surface area contributed by atoms with Crippen LogP contribution in [0.3, 0.4) is 0 Å². The SMILES string of the molecule is CN1Cc2ccc(N3C(N)=NC(N)=NC34CCCCC4)cc2C1. The third-order valence-corrected chi connectivity index (χ3v) is 5.18. The molecule has 23 heavy (non-hydrogen) atoms. The summed E-state index contributed by atoms with van der Waals surface area (Å²) < 4.78 is 0. The van der Waals surface area contributed by atoms with Crippen LogP contribution in [0, 0.1) is 0 Å². The summed E-state index contributed by atoms with van der Waals surface area (Å²) in [7, 11) is 2.14. The number of benzene rings is 1. The van der Waals surface area contributed by atoms with E-state index in [1.54, 1.807) is 0 Å². The molecular formula is C17H24N6. The van der Waals surface area contributed by atoms with E-state index in [0.717, 1.165) is 44.5 Å². The van der Waals surface area contributed by atoms with E-state index < -0.39 is 0 Å². The molecule has 4 rings (SSSR count). The van der Waals surface area contributed by atoms with Crippen LogP contribution in [0.5, 0.6) is 0 Å². The monoisotopic (exact) mass is 312 g/mol. The van der Waals surface area contributed by atoms with Crippen molar-refractivity contribution >= 4 is 17.6 Å². The van der Waals surface area contributed by atoms with Gasteiger partial charge in [-0.25, -0.2) is 4.99 Å². The number of rotatable bonds is 1. The Hall–Kier alpha value is -2.08. The largest absolute Gasteiger partial charge is 0.369 e. The van der Waals surface area contributed by atoms with Gasteiger partial charge >= 0.3 is 0 Å². The van der Waals surface area contributed by atoms with Crippen molar-refractivity contribution < 1.29 is 0 Å². The van der Waals surface area contributed by atoms with E-state index in [0.29, 0.717) is 11.9 Å². The first kappa shape index (κ1) is 14.5. The molecule has 3 aliphatic rings. The summed E-state index contributed by atoms with van der Waals surface area (Å²) in [5.74, 6) is 0.771. The minimum Gasteiger partial charge on any atom is -0.369 e. The van der Waals surface area contributed by atoms with Crippen molar-refractivity contribution in [2.75, 3.05) is 11.9 Å². The molecule has 0 radical (unpaired) electrons. The Morgan fingerprint density at radius 2 is 1.78 bits per heavy atom. The third kappa shape index (κ3) is 2.37. The molecule has 1 aromatic rings. The Labute approximate surface area is 136 Å². The normalized spacial score (nSPS) is 23.6. The number of anilines is 1. The van der Waals surface area contributed by atoms with Crippen LogP contribution in [-0.4, -0.2) is 29.5 Å². The van der Waals surface area contributed by atoms with Gasteiger partial charge in [-0.2, -0.15) is 4.99 Å². The Balaban J connectivity index is 1.77. The number of guanidine groups is 2. The molecule has 4 N–H and O–H groups in total. The van der Waals surface area contributed by atoms with Gasteiger partial charge in [0, 0.05) is 18.8 Å². The molecule has 1 aromatic carbocycles. The first-order valence-corrected chi connectivity index (χ1v) is 8.37. The van der Waals surface area contributed by atoms with Crippen LogP contribution in [0.4, 0.5) is 5.69 Å². The zero-order valence-corrected chi connectivity index (χ0v) is 13.6. The maximum atomic E-state index is 6.28. The fourth-order valence-corrected chi connectivity index (χ4v) is 4.19. The van der Waals surface area contributed by atoms with E-state index in [9.17, 15) is 0 Å². The summed E-state index contributed by atoms with van der Waals surface area (Å²) in [6.07, 6.45) is 5.49. The number of hydrogen-bond acceptors (Lipinski definition) is 6. The van der Waals surface area contributed by atoms with Crippen molar-refractivity contribution in [1.82, 2.24) is 4.90 Å². The molecule has 2 heterocycles. The predicted molar refractivity (Wildman–Crippen MR) is 93.2 cm³/mol. The minimum absolute atomic E-state index is 0.307. The molecular weight excluding hydrogens is 288 g/mol. The van der Waals surface area contributed by atoms with Crippen LogP contribution < -0.4 is 16.4 Å². The zero-order chi connectivity index (χ0) is 16.0. The molecule has 6 nitrogen and oxygen atoms in total. The Kier molecular flexibility index (Phi) is 3.30. The van der Waals surface area contributed by atoms with E-state index in [1.165, 1.54) is 17.5 Å². The van der Waals surface area contributed by atoms with Gasteiger partial charge < -0.3 is 11.5 Å². The Bertz CT molecular complexity index is 686. The summed E-state index contributed by atoms with van der Waals surface area (Å²) in [5, 5.41) is 0. The lowest BCUT2D eigenvalue weighted by atomic mass is 9.87. The highest BCUT2D eigenvalue weighted by Crippen LogP contribution is 2.40. The molecule has 2 aliphatic heterocycles. The lowest BCUT2D eigenvalue weighted by Crippen LogP contribution is -2.58. The molecule has 1 aliphatic carbocycles. The second kappa shape index (κ2) is 5.23. The predicted octanol–water partition coefficient (Wildman–Crippen LogP) is 1.74. The fourth-order valence-electron chi connectivity index (χ4n) is 4.19. The molecule has 0 unspecified atom stereocenters. The number of nitrogens with zero attached hydrogens (tertiary/aromatic N) is 4. The lowest BCUT2D eigenvalue weighted by molar-refractivity contribution is 0.305. The van der Waals surface area contributed by atoms with Crippen LogP contribution in [-0.2, 0) is 13.1 Å². The van der Waals surface area contributed by atoms with Gasteiger partial charge in [0.2, 0.25) is 11.9 Å². The molecule has 6 heteroatoms. The van der Waals surface area contributed by atoms with Crippen LogP contribution >= 0.6 is 0 Å². The van der Waals surface area contributed by atoms with Crippen molar-refractivity contribution in [1.29, 1.82) is 0 Å². The van der Waals surface area contributed by atoms with E-state index >= 15 is 0 Å². The molecule has 1 fully saturated rings. The molecule has 1 spiro atoms. The maximum absolute atomic E-state index is 6.28. The third-order valence-electron chi connectivity index (χ3n) is 5.18. The van der Waals surface area contributed by atoms with Gasteiger partial charge in [0.15, 0.2) is 0 Å². The molecule has 0 saturated heterocycles. The van der Waals surface area contributed by atoms with Gasteiger partial charge in [-0.05, 0) is 56.0 Å². The minimum atomic E-state index is -0.354. The van der Waals surface area contributed by atoms with Gasteiger partial charge in [-0.1, -0.05) is 12.5 Å². The van der Waals surface area contributed by atoms with Crippen molar-refractivity contribution in [2.45, 2.75) is 50.9 Å². The topological polar surface area (TPSA) is 83.2 Å². The van der Waals surface area contributed by atoms with Gasteiger partial charge in [0.25, 0.3) is 0 Å². The lowest BCUT2D eigenvalue weighted by Gasteiger charge is -2.45. The second-order valence-electron chi connectivity index (χ2n) is 6.94. The fraction of sp³-hybridized carbons (Fsp3) is 0.529. The van der Waals surface area contributed by atoms with Crippen LogP contribution in [0.15, 0.2) is 28.2 Å². The average molecular weight is 312 g/mol. The van der Waals surface area contributed by atoms with Crippen molar-refractivity contribution in [3.63, 3.8) is 0 Å². The molecule has 122 valence electrons. The highest BCUT2D eigenvalue weighted by atomic mass is 15.4. The zero-order valence-electron chi connectivity index (χ0n) is 13.6. The van der Waals surface area contributed by atoms with Crippen molar-refractivity contribution in [3.8, 4) is 0 Å². The van der Waals surface area contributed by atoms with Crippen molar-refractivity contribution in [2.24, 2.45) is 21.5 Å². The molecule has 0 aromatic heterocycles. The van der Waals surface area contributed by atoms with Crippen LogP contribution in [0.1, 0.15) is 43.2 Å². The van der Waals surface area contributed by atoms with Gasteiger partial charge in [0.05, 0.1) is 0 Å². The number of aliphatic imine (C=N–C) groups is 2. The van der Waals surface area contributed by atoms with Gasteiger partial charge in [-0.15, -0.1) is 0 Å². The summed E-state index contributed by atoms with van der Waals surface area (Å²) in [5.41, 5.74) is 15.7. The summed E-state index contributed by atoms with van der Waals surface area (Å²) in [6.45, 7) is 1.99. The van der Waals surface area contributed by atoms with Crippen LogP contribution in [0.2, 0.25) is 0 Å². The summed E-state index contributed by atoms with van der Waals surface area (Å²) >= 11 is 0. The van der Waals surface area contributed by atoms with Gasteiger partial charge in [0.1, 0.15) is 5.66 Å².